The molecular weight excluding hydrogens is 349 g/mol. The Morgan fingerprint density at radius 3 is 2.38 bits per heavy atom. The first kappa shape index (κ1) is 17.4. The van der Waals surface area contributed by atoms with Gasteiger partial charge in [-0.05, 0) is 19.1 Å². The molecule has 0 saturated heterocycles. The lowest BCUT2D eigenvalue weighted by atomic mass is 10.1. The van der Waals surface area contributed by atoms with Crippen molar-refractivity contribution in [2.24, 2.45) is 0 Å². The zero-order valence-electron chi connectivity index (χ0n) is 13.4. The molecule has 2 heterocycles. The number of hydrogen-bond donors (Lipinski definition) is 2. The third kappa shape index (κ3) is 3.79. The molecule has 3 aromatic rings. The van der Waals surface area contributed by atoms with Gasteiger partial charge in [0.15, 0.2) is 0 Å². The fourth-order valence-corrected chi connectivity index (χ4v) is 2.22. The first-order valence-corrected chi connectivity index (χ1v) is 7.41. The monoisotopic (exact) mass is 362 g/mol. The molecule has 0 radical (unpaired) electrons. The molecule has 2 amide bonds. The minimum Gasteiger partial charge on any atom is -0.307 e. The van der Waals surface area contributed by atoms with Crippen LogP contribution in [0.2, 0.25) is 0 Å². The summed E-state index contributed by atoms with van der Waals surface area (Å²) in [5.74, 6) is 1.04. The van der Waals surface area contributed by atoms with Crippen molar-refractivity contribution < 1.29 is 18.0 Å². The maximum absolute atomic E-state index is 12.9. The van der Waals surface area contributed by atoms with Gasteiger partial charge in [0.1, 0.15) is 5.82 Å². The molecule has 0 aliphatic rings. The molecule has 0 bridgehead atoms. The minimum atomic E-state index is -4.57. The third-order valence-electron chi connectivity index (χ3n) is 3.42. The van der Waals surface area contributed by atoms with E-state index in [9.17, 15) is 18.0 Å². The van der Waals surface area contributed by atoms with E-state index >= 15 is 0 Å². The van der Waals surface area contributed by atoms with Crippen LogP contribution in [0.4, 0.5) is 29.3 Å². The zero-order valence-corrected chi connectivity index (χ0v) is 13.4. The number of alkyl halides is 3. The average molecular weight is 362 g/mol. The molecule has 2 N–H and O–H groups in total. The molecule has 0 aliphatic carbocycles. The maximum atomic E-state index is 12.9. The number of nitrogens with one attached hydrogen (secondary N) is 2. The number of carbonyl (C=O) groups is 1. The van der Waals surface area contributed by atoms with Crippen molar-refractivity contribution in [2.45, 2.75) is 13.1 Å². The van der Waals surface area contributed by atoms with Crippen LogP contribution in [-0.4, -0.2) is 25.6 Å². The number of halogens is 3. The van der Waals surface area contributed by atoms with Gasteiger partial charge < -0.3 is 10.6 Å². The number of amides is 2. The van der Waals surface area contributed by atoms with E-state index in [1.165, 1.54) is 30.6 Å². The van der Waals surface area contributed by atoms with Crippen molar-refractivity contribution in [3.63, 3.8) is 0 Å². The lowest BCUT2D eigenvalue weighted by Crippen LogP contribution is -2.22. The summed E-state index contributed by atoms with van der Waals surface area (Å²) in [6.45, 7) is 1.78. The Hall–Kier alpha value is -3.43. The first-order valence-electron chi connectivity index (χ1n) is 7.41. The van der Waals surface area contributed by atoms with Gasteiger partial charge in [0, 0.05) is 12.4 Å². The number of rotatable bonds is 3. The number of urea groups is 1. The Morgan fingerprint density at radius 1 is 1.08 bits per heavy atom. The number of aromatic nitrogens is 4. The molecule has 10 heteroatoms. The highest BCUT2D eigenvalue weighted by molar-refractivity contribution is 6.00. The van der Waals surface area contributed by atoms with E-state index in [1.54, 1.807) is 23.9 Å². The number of aryl methyl sites for hydroxylation is 1. The van der Waals surface area contributed by atoms with Gasteiger partial charge in [-0.25, -0.2) is 19.7 Å². The summed E-state index contributed by atoms with van der Waals surface area (Å²) >= 11 is 0. The number of carbonyl (C=O) groups excluding carboxylic acids is 1. The highest BCUT2D eigenvalue weighted by Gasteiger charge is 2.33. The van der Waals surface area contributed by atoms with Gasteiger partial charge in [-0.3, -0.25) is 4.57 Å². The highest BCUT2D eigenvalue weighted by Crippen LogP contribution is 2.34. The van der Waals surface area contributed by atoms with Gasteiger partial charge in [0.2, 0.25) is 5.95 Å². The normalized spacial score (nSPS) is 11.2. The molecule has 0 aliphatic heterocycles. The summed E-state index contributed by atoms with van der Waals surface area (Å²) in [6, 6.07) is 3.87. The van der Waals surface area contributed by atoms with E-state index in [0.29, 0.717) is 11.8 Å². The average Bonchev–Trinajstić information content (AvgIpc) is 3.01. The predicted octanol–water partition coefficient (Wildman–Crippen LogP) is 3.63. The van der Waals surface area contributed by atoms with E-state index < -0.39 is 17.8 Å². The Kier molecular flexibility index (Phi) is 4.57. The van der Waals surface area contributed by atoms with Crippen molar-refractivity contribution in [1.29, 1.82) is 0 Å². The number of hydrogen-bond acceptors (Lipinski definition) is 4. The number of benzene rings is 1. The summed E-state index contributed by atoms with van der Waals surface area (Å²) in [5, 5.41) is 4.56. The van der Waals surface area contributed by atoms with Crippen molar-refractivity contribution in [3.05, 3.63) is 60.4 Å². The van der Waals surface area contributed by atoms with E-state index in [-0.39, 0.29) is 11.4 Å². The predicted molar refractivity (Wildman–Crippen MR) is 88.0 cm³/mol. The van der Waals surface area contributed by atoms with E-state index in [1.807, 2.05) is 0 Å². The number of anilines is 2. The van der Waals surface area contributed by atoms with Gasteiger partial charge >= 0.3 is 12.2 Å². The van der Waals surface area contributed by atoms with Crippen molar-refractivity contribution >= 4 is 17.4 Å². The fourth-order valence-electron chi connectivity index (χ4n) is 2.22. The van der Waals surface area contributed by atoms with Crippen LogP contribution in [0.3, 0.4) is 0 Å². The third-order valence-corrected chi connectivity index (χ3v) is 3.42. The number of para-hydroxylation sites is 1. The quantitative estimate of drug-likeness (QED) is 0.745. The van der Waals surface area contributed by atoms with Crippen LogP contribution in [0.5, 0.6) is 0 Å². The molecule has 0 saturated carbocycles. The Balaban J connectivity index is 1.71. The first-order chi connectivity index (χ1) is 12.3. The maximum Gasteiger partial charge on any atom is 0.418 e. The largest absolute Gasteiger partial charge is 0.418 e. The minimum absolute atomic E-state index is 0.230. The van der Waals surface area contributed by atoms with Crippen molar-refractivity contribution in [2.75, 3.05) is 10.6 Å². The zero-order chi connectivity index (χ0) is 18.7. The van der Waals surface area contributed by atoms with E-state index in [2.05, 4.69) is 25.6 Å². The Labute approximate surface area is 145 Å². The van der Waals surface area contributed by atoms with Crippen LogP contribution in [0.25, 0.3) is 5.95 Å². The smallest absolute Gasteiger partial charge is 0.307 e. The lowest BCUT2D eigenvalue weighted by Gasteiger charge is -2.14. The van der Waals surface area contributed by atoms with Crippen LogP contribution >= 0.6 is 0 Å². The summed E-state index contributed by atoms with van der Waals surface area (Å²) in [4.78, 5) is 24.2. The standard InChI is InChI=1S/C16H13F3N6O/c1-10-20-6-7-25(10)14-21-8-11(9-22-14)23-15(26)24-13-5-3-2-4-12(13)16(17,18)19/h2-9H,1H3,(H2,23,24,26). The molecule has 2 aromatic heterocycles. The van der Waals surface area contributed by atoms with Crippen LogP contribution < -0.4 is 10.6 Å². The van der Waals surface area contributed by atoms with Gasteiger partial charge in [-0.1, -0.05) is 12.1 Å². The van der Waals surface area contributed by atoms with Crippen LogP contribution in [0.15, 0.2) is 49.1 Å². The summed E-state index contributed by atoms with van der Waals surface area (Å²) < 4.78 is 40.5. The molecule has 134 valence electrons. The lowest BCUT2D eigenvalue weighted by molar-refractivity contribution is -0.136. The molecule has 0 unspecified atom stereocenters. The van der Waals surface area contributed by atoms with Gasteiger partial charge in [-0.15, -0.1) is 0 Å². The van der Waals surface area contributed by atoms with Crippen LogP contribution in [0, 0.1) is 6.92 Å². The summed E-state index contributed by atoms with van der Waals surface area (Å²) in [5.41, 5.74) is -1.05. The van der Waals surface area contributed by atoms with Crippen molar-refractivity contribution in [1.82, 2.24) is 19.5 Å². The van der Waals surface area contributed by atoms with Crippen LogP contribution in [0.1, 0.15) is 11.4 Å². The molecule has 7 nitrogen and oxygen atoms in total. The highest BCUT2D eigenvalue weighted by atomic mass is 19.4. The summed E-state index contributed by atoms with van der Waals surface area (Å²) in [6.07, 6.45) is 1.39. The molecule has 0 atom stereocenters. The number of imidazole rings is 1. The number of nitrogens with zero attached hydrogens (tertiary/aromatic N) is 4. The Bertz CT molecular complexity index is 920. The molecule has 26 heavy (non-hydrogen) atoms. The fraction of sp³-hybridized carbons (Fsp3) is 0.125. The molecule has 1 aromatic carbocycles. The second-order valence-electron chi connectivity index (χ2n) is 5.24. The van der Waals surface area contributed by atoms with Gasteiger partial charge in [0.05, 0.1) is 29.3 Å². The van der Waals surface area contributed by atoms with E-state index in [4.69, 9.17) is 0 Å². The molecule has 0 spiro atoms. The topological polar surface area (TPSA) is 84.7 Å². The second-order valence-corrected chi connectivity index (χ2v) is 5.24. The van der Waals surface area contributed by atoms with Gasteiger partial charge in [-0.2, -0.15) is 13.2 Å². The second kappa shape index (κ2) is 6.82. The molecular formula is C16H13F3N6O. The van der Waals surface area contributed by atoms with Crippen LogP contribution in [-0.2, 0) is 6.18 Å². The SMILES string of the molecule is Cc1nccn1-c1ncc(NC(=O)Nc2ccccc2C(F)(F)F)cn1. The van der Waals surface area contributed by atoms with Gasteiger partial charge in [0.25, 0.3) is 0 Å². The molecule has 3 rings (SSSR count). The summed E-state index contributed by atoms with van der Waals surface area (Å²) in [7, 11) is 0. The Morgan fingerprint density at radius 2 is 1.77 bits per heavy atom. The molecule has 0 fully saturated rings. The van der Waals surface area contributed by atoms with E-state index in [0.717, 1.165) is 6.07 Å². The van der Waals surface area contributed by atoms with Crippen molar-refractivity contribution in [3.8, 4) is 5.95 Å².